The first-order chi connectivity index (χ1) is 9.53. The van der Waals surface area contributed by atoms with E-state index >= 15 is 0 Å². The van der Waals surface area contributed by atoms with Gasteiger partial charge in [-0.15, -0.1) is 0 Å². The number of rotatable bonds is 5. The van der Waals surface area contributed by atoms with Gasteiger partial charge >= 0.3 is 0 Å². The van der Waals surface area contributed by atoms with Gasteiger partial charge in [0.15, 0.2) is 0 Å². The molecule has 3 heteroatoms. The molecule has 1 fully saturated rings. The highest BCUT2D eigenvalue weighted by Gasteiger charge is 2.14. The first-order valence-electron chi connectivity index (χ1n) is 7.55. The third-order valence-corrected chi connectivity index (χ3v) is 3.26. The molecule has 1 heterocycles. The van der Waals surface area contributed by atoms with E-state index in [-0.39, 0.29) is 5.60 Å². The number of ether oxygens (including phenoxy) is 2. The van der Waals surface area contributed by atoms with Gasteiger partial charge in [0.1, 0.15) is 11.4 Å². The van der Waals surface area contributed by atoms with Gasteiger partial charge in [0, 0.05) is 12.6 Å². The molecular formula is C17H26NO2. The minimum atomic E-state index is -0.152. The summed E-state index contributed by atoms with van der Waals surface area (Å²) in [5, 5.41) is 4.57. The molecule has 2 rings (SSSR count). The van der Waals surface area contributed by atoms with Crippen molar-refractivity contribution in [3.05, 3.63) is 29.8 Å². The van der Waals surface area contributed by atoms with E-state index < -0.39 is 0 Å². The van der Waals surface area contributed by atoms with E-state index in [9.17, 15) is 0 Å². The van der Waals surface area contributed by atoms with Gasteiger partial charge in [-0.05, 0) is 51.3 Å². The molecule has 1 saturated heterocycles. The van der Waals surface area contributed by atoms with Gasteiger partial charge in [0.2, 0.25) is 0 Å². The summed E-state index contributed by atoms with van der Waals surface area (Å²) in [5.41, 5.74) is 1.03. The van der Waals surface area contributed by atoms with Crippen molar-refractivity contribution in [2.45, 2.75) is 58.3 Å². The van der Waals surface area contributed by atoms with E-state index in [0.717, 1.165) is 18.9 Å². The van der Waals surface area contributed by atoms with Crippen molar-refractivity contribution < 1.29 is 9.47 Å². The van der Waals surface area contributed by atoms with Gasteiger partial charge in [0.25, 0.3) is 0 Å². The van der Waals surface area contributed by atoms with Crippen LogP contribution in [0.3, 0.4) is 0 Å². The van der Waals surface area contributed by atoms with Gasteiger partial charge in [0.05, 0.1) is 13.2 Å². The molecule has 1 aliphatic rings. The van der Waals surface area contributed by atoms with Crippen LogP contribution in [0.5, 0.6) is 5.75 Å². The fourth-order valence-corrected chi connectivity index (χ4v) is 2.31. The lowest BCUT2D eigenvalue weighted by Crippen LogP contribution is -2.31. The number of nitrogens with zero attached hydrogens (tertiary/aromatic N) is 1. The Morgan fingerprint density at radius 1 is 1.15 bits per heavy atom. The normalized spacial score (nSPS) is 19.9. The summed E-state index contributed by atoms with van der Waals surface area (Å²) in [5.74, 6) is 0.906. The lowest BCUT2D eigenvalue weighted by atomic mass is 10.1. The minimum Gasteiger partial charge on any atom is -0.488 e. The molecule has 1 aromatic rings. The molecule has 1 radical (unpaired) electrons. The Labute approximate surface area is 122 Å². The molecule has 0 spiro atoms. The molecule has 0 N–H and O–H groups in total. The van der Waals surface area contributed by atoms with E-state index in [1.54, 1.807) is 0 Å². The second-order valence-corrected chi connectivity index (χ2v) is 6.43. The van der Waals surface area contributed by atoms with Crippen LogP contribution in [-0.2, 0) is 11.3 Å². The summed E-state index contributed by atoms with van der Waals surface area (Å²) in [6.45, 7) is 8.57. The van der Waals surface area contributed by atoms with E-state index in [0.29, 0.717) is 12.6 Å². The Kier molecular flexibility index (Phi) is 5.44. The van der Waals surface area contributed by atoms with Gasteiger partial charge in [-0.25, -0.2) is 5.32 Å². The zero-order valence-corrected chi connectivity index (χ0v) is 12.9. The Morgan fingerprint density at radius 2 is 1.90 bits per heavy atom. The SMILES string of the molecule is CC(C)(C)Oc1ccc(COCC2CCCC[N]2)cc1. The fraction of sp³-hybridized carbons (Fsp3) is 0.647. The van der Waals surface area contributed by atoms with Crippen molar-refractivity contribution in [2.24, 2.45) is 0 Å². The van der Waals surface area contributed by atoms with Gasteiger partial charge in [-0.1, -0.05) is 18.6 Å². The second-order valence-electron chi connectivity index (χ2n) is 6.43. The van der Waals surface area contributed by atoms with Crippen LogP contribution in [0.15, 0.2) is 24.3 Å². The van der Waals surface area contributed by atoms with Crippen molar-refractivity contribution in [1.82, 2.24) is 5.32 Å². The van der Waals surface area contributed by atoms with Gasteiger partial charge in [-0.2, -0.15) is 0 Å². The van der Waals surface area contributed by atoms with Gasteiger partial charge < -0.3 is 9.47 Å². The zero-order valence-electron chi connectivity index (χ0n) is 12.9. The maximum Gasteiger partial charge on any atom is 0.120 e. The number of hydrogen-bond donors (Lipinski definition) is 0. The third-order valence-electron chi connectivity index (χ3n) is 3.26. The lowest BCUT2D eigenvalue weighted by molar-refractivity contribution is 0.0897. The molecular weight excluding hydrogens is 250 g/mol. The van der Waals surface area contributed by atoms with Gasteiger partial charge in [-0.3, -0.25) is 0 Å². The van der Waals surface area contributed by atoms with Crippen LogP contribution in [0, 0.1) is 0 Å². The number of benzene rings is 1. The zero-order chi connectivity index (χ0) is 14.4. The van der Waals surface area contributed by atoms with Crippen LogP contribution < -0.4 is 10.1 Å². The molecule has 1 aliphatic heterocycles. The summed E-state index contributed by atoms with van der Waals surface area (Å²) in [6, 6.07) is 8.56. The predicted molar refractivity (Wildman–Crippen MR) is 81.1 cm³/mol. The first-order valence-corrected chi connectivity index (χ1v) is 7.55. The summed E-state index contributed by atoms with van der Waals surface area (Å²) in [4.78, 5) is 0. The lowest BCUT2D eigenvalue weighted by Gasteiger charge is -2.22. The molecule has 111 valence electrons. The highest BCUT2D eigenvalue weighted by molar-refractivity contribution is 5.27. The van der Waals surface area contributed by atoms with Crippen LogP contribution in [0.4, 0.5) is 0 Å². The maximum atomic E-state index is 5.80. The third kappa shape index (κ3) is 5.51. The molecule has 20 heavy (non-hydrogen) atoms. The number of piperidine rings is 1. The highest BCUT2D eigenvalue weighted by atomic mass is 16.5. The average molecular weight is 276 g/mol. The van der Waals surface area contributed by atoms with Crippen molar-refractivity contribution in [3.63, 3.8) is 0 Å². The van der Waals surface area contributed by atoms with E-state index in [4.69, 9.17) is 9.47 Å². The summed E-state index contributed by atoms with van der Waals surface area (Å²) < 4.78 is 11.6. The largest absolute Gasteiger partial charge is 0.488 e. The summed E-state index contributed by atoms with van der Waals surface area (Å²) in [6.07, 6.45) is 3.71. The molecule has 1 atom stereocenters. The van der Waals surface area contributed by atoms with E-state index in [2.05, 4.69) is 38.2 Å². The Balaban J connectivity index is 1.73. The van der Waals surface area contributed by atoms with Crippen LogP contribution >= 0.6 is 0 Å². The standard InChI is InChI=1S/C17H26NO2/c1-17(2,3)20-16-9-7-14(8-10-16)12-19-13-15-6-4-5-11-18-15/h7-10,15H,4-6,11-13H2,1-3H3. The smallest absolute Gasteiger partial charge is 0.120 e. The topological polar surface area (TPSA) is 32.6 Å². The second kappa shape index (κ2) is 7.09. The van der Waals surface area contributed by atoms with Crippen molar-refractivity contribution >= 4 is 0 Å². The molecule has 0 saturated carbocycles. The minimum absolute atomic E-state index is 0.152. The molecule has 1 unspecified atom stereocenters. The fourth-order valence-electron chi connectivity index (χ4n) is 2.31. The van der Waals surface area contributed by atoms with Crippen molar-refractivity contribution in [3.8, 4) is 5.75 Å². The van der Waals surface area contributed by atoms with Crippen LogP contribution in [-0.4, -0.2) is 24.8 Å². The molecule has 1 aromatic carbocycles. The summed E-state index contributed by atoms with van der Waals surface area (Å²) in [7, 11) is 0. The first kappa shape index (κ1) is 15.3. The summed E-state index contributed by atoms with van der Waals surface area (Å²) >= 11 is 0. The Hall–Kier alpha value is -1.06. The van der Waals surface area contributed by atoms with Crippen LogP contribution in [0.1, 0.15) is 45.6 Å². The van der Waals surface area contributed by atoms with Crippen LogP contribution in [0.25, 0.3) is 0 Å². The highest BCUT2D eigenvalue weighted by Crippen LogP contribution is 2.19. The number of hydrogen-bond acceptors (Lipinski definition) is 2. The molecule has 0 aliphatic carbocycles. The molecule has 0 bridgehead atoms. The maximum absolute atomic E-state index is 5.80. The quantitative estimate of drug-likeness (QED) is 0.824. The molecule has 3 nitrogen and oxygen atoms in total. The van der Waals surface area contributed by atoms with Crippen LogP contribution in [0.2, 0.25) is 0 Å². The Bertz CT molecular complexity index is 388. The average Bonchev–Trinajstić information content (AvgIpc) is 2.40. The van der Waals surface area contributed by atoms with Crippen molar-refractivity contribution in [2.75, 3.05) is 13.2 Å². The Morgan fingerprint density at radius 3 is 2.50 bits per heavy atom. The van der Waals surface area contributed by atoms with Crippen molar-refractivity contribution in [1.29, 1.82) is 0 Å². The monoisotopic (exact) mass is 276 g/mol. The molecule has 0 amide bonds. The van der Waals surface area contributed by atoms with E-state index in [1.807, 2.05) is 12.1 Å². The predicted octanol–water partition coefficient (Wildman–Crippen LogP) is 3.54. The molecule has 0 aromatic heterocycles. The van der Waals surface area contributed by atoms with E-state index in [1.165, 1.54) is 24.8 Å².